The Morgan fingerprint density at radius 2 is 1.96 bits per heavy atom. The number of methoxy groups -OCH3 is 1. The van der Waals surface area contributed by atoms with E-state index in [0.29, 0.717) is 29.7 Å². The summed E-state index contributed by atoms with van der Waals surface area (Å²) in [5, 5.41) is 0. The topological polar surface area (TPSA) is 47.9 Å². The Bertz CT molecular complexity index is 758. The standard InChI is InChI=1S/C20H25NO3/c1-12(2)13-7-8-14-15(9-13)20(5,17(23-6)10-16(14)22)18-21-19(3,4)11-24-18/h7-10,12H,11H2,1-6H3/t20-/m1/s1. The number of nitrogens with zero attached hydrogens (tertiary/aromatic N) is 1. The third kappa shape index (κ3) is 2.45. The Morgan fingerprint density at radius 3 is 2.50 bits per heavy atom. The first-order valence-electron chi connectivity index (χ1n) is 8.37. The average Bonchev–Trinajstić information content (AvgIpc) is 2.90. The van der Waals surface area contributed by atoms with E-state index in [1.807, 2.05) is 32.9 Å². The molecule has 0 fully saturated rings. The summed E-state index contributed by atoms with van der Waals surface area (Å²) in [6, 6.07) is 6.03. The van der Waals surface area contributed by atoms with Gasteiger partial charge in [-0.05, 0) is 37.8 Å². The summed E-state index contributed by atoms with van der Waals surface area (Å²) in [5.41, 5.74) is 1.83. The van der Waals surface area contributed by atoms with Crippen LogP contribution in [0.4, 0.5) is 0 Å². The normalized spacial score (nSPS) is 25.0. The second kappa shape index (κ2) is 5.47. The van der Waals surface area contributed by atoms with Gasteiger partial charge in [-0.3, -0.25) is 4.79 Å². The lowest BCUT2D eigenvalue weighted by atomic mass is 9.72. The van der Waals surface area contributed by atoms with Gasteiger partial charge in [0.15, 0.2) is 5.78 Å². The summed E-state index contributed by atoms with van der Waals surface area (Å²) >= 11 is 0. The minimum atomic E-state index is -0.684. The smallest absolute Gasteiger partial charge is 0.202 e. The Labute approximate surface area is 143 Å². The van der Waals surface area contributed by atoms with Crippen molar-refractivity contribution in [3.8, 4) is 0 Å². The fourth-order valence-corrected chi connectivity index (χ4v) is 3.35. The molecule has 1 aliphatic heterocycles. The summed E-state index contributed by atoms with van der Waals surface area (Å²) in [5.74, 6) is 1.54. The molecule has 0 N–H and O–H groups in total. The fourth-order valence-electron chi connectivity index (χ4n) is 3.35. The van der Waals surface area contributed by atoms with E-state index < -0.39 is 5.41 Å². The van der Waals surface area contributed by atoms with Gasteiger partial charge >= 0.3 is 0 Å². The van der Waals surface area contributed by atoms with Crippen molar-refractivity contribution in [2.75, 3.05) is 13.7 Å². The van der Waals surface area contributed by atoms with Gasteiger partial charge in [-0.1, -0.05) is 32.0 Å². The van der Waals surface area contributed by atoms with Crippen molar-refractivity contribution < 1.29 is 14.3 Å². The van der Waals surface area contributed by atoms with Crippen LogP contribution < -0.4 is 0 Å². The molecule has 1 aromatic rings. The zero-order chi connectivity index (χ0) is 17.7. The number of ether oxygens (including phenoxy) is 2. The van der Waals surface area contributed by atoms with Crippen LogP contribution in [0, 0.1) is 0 Å². The van der Waals surface area contributed by atoms with Crippen LogP contribution in [0.15, 0.2) is 35.0 Å². The lowest BCUT2D eigenvalue weighted by Crippen LogP contribution is -2.40. The van der Waals surface area contributed by atoms with E-state index in [1.54, 1.807) is 13.2 Å². The van der Waals surface area contributed by atoms with Gasteiger partial charge in [-0.2, -0.15) is 0 Å². The van der Waals surface area contributed by atoms with Crippen molar-refractivity contribution in [2.24, 2.45) is 4.99 Å². The van der Waals surface area contributed by atoms with Crippen LogP contribution in [-0.4, -0.2) is 30.9 Å². The summed E-state index contributed by atoms with van der Waals surface area (Å²) in [6.45, 7) is 10.9. The predicted octanol–water partition coefficient (Wildman–Crippen LogP) is 4.00. The molecular weight excluding hydrogens is 302 g/mol. The molecule has 128 valence electrons. The van der Waals surface area contributed by atoms with Gasteiger partial charge in [-0.15, -0.1) is 0 Å². The number of carbonyl (C=O) groups is 1. The molecule has 1 heterocycles. The SMILES string of the molecule is COC1=CC(=O)c2ccc(C(C)C)cc2[C@@]1(C)C1=NC(C)(C)CO1. The van der Waals surface area contributed by atoms with E-state index in [0.717, 1.165) is 5.56 Å². The maximum Gasteiger partial charge on any atom is 0.202 e. The molecular formula is C20H25NO3. The molecule has 1 atom stereocenters. The van der Waals surface area contributed by atoms with Crippen LogP contribution in [0.25, 0.3) is 0 Å². The number of fused-ring (bicyclic) bond motifs is 1. The molecule has 0 saturated heterocycles. The summed E-state index contributed by atoms with van der Waals surface area (Å²) in [6.07, 6.45) is 1.56. The van der Waals surface area contributed by atoms with Gasteiger partial charge in [0.1, 0.15) is 17.8 Å². The van der Waals surface area contributed by atoms with Crippen molar-refractivity contribution in [3.05, 3.63) is 46.7 Å². The van der Waals surface area contributed by atoms with E-state index in [9.17, 15) is 4.79 Å². The number of aliphatic imine (C=N–C) groups is 1. The van der Waals surface area contributed by atoms with Crippen molar-refractivity contribution in [1.82, 2.24) is 0 Å². The molecule has 0 amide bonds. The number of carbonyl (C=O) groups excluding carboxylic acids is 1. The first-order valence-corrected chi connectivity index (χ1v) is 8.37. The zero-order valence-corrected chi connectivity index (χ0v) is 15.3. The molecule has 24 heavy (non-hydrogen) atoms. The van der Waals surface area contributed by atoms with Gasteiger partial charge in [0.2, 0.25) is 5.90 Å². The lowest BCUT2D eigenvalue weighted by molar-refractivity contribution is 0.102. The van der Waals surface area contributed by atoms with Crippen LogP contribution in [0.3, 0.4) is 0 Å². The van der Waals surface area contributed by atoms with Crippen LogP contribution in [0.2, 0.25) is 0 Å². The molecule has 4 nitrogen and oxygen atoms in total. The Balaban J connectivity index is 2.25. The quantitative estimate of drug-likeness (QED) is 0.843. The van der Waals surface area contributed by atoms with E-state index >= 15 is 0 Å². The highest BCUT2D eigenvalue weighted by molar-refractivity contribution is 6.11. The largest absolute Gasteiger partial charge is 0.499 e. The summed E-state index contributed by atoms with van der Waals surface area (Å²) < 4.78 is 11.5. The van der Waals surface area contributed by atoms with Crippen LogP contribution in [0.1, 0.15) is 62.0 Å². The van der Waals surface area contributed by atoms with Gasteiger partial charge in [0.05, 0.1) is 12.6 Å². The van der Waals surface area contributed by atoms with Gasteiger partial charge in [0, 0.05) is 11.6 Å². The Hall–Kier alpha value is -2.10. The highest BCUT2D eigenvalue weighted by atomic mass is 16.5. The van der Waals surface area contributed by atoms with Crippen molar-refractivity contribution in [1.29, 1.82) is 0 Å². The maximum atomic E-state index is 12.5. The van der Waals surface area contributed by atoms with Gasteiger partial charge in [0.25, 0.3) is 0 Å². The van der Waals surface area contributed by atoms with Crippen molar-refractivity contribution in [2.45, 2.75) is 51.5 Å². The lowest BCUT2D eigenvalue weighted by Gasteiger charge is -2.35. The van der Waals surface area contributed by atoms with E-state index in [2.05, 4.69) is 19.9 Å². The maximum absolute atomic E-state index is 12.5. The molecule has 0 unspecified atom stereocenters. The molecule has 4 heteroatoms. The number of rotatable bonds is 3. The molecule has 3 rings (SSSR count). The molecule has 0 aromatic heterocycles. The minimum Gasteiger partial charge on any atom is -0.499 e. The Morgan fingerprint density at radius 1 is 1.25 bits per heavy atom. The number of hydrogen-bond donors (Lipinski definition) is 0. The second-order valence-electron chi connectivity index (χ2n) is 7.68. The predicted molar refractivity (Wildman–Crippen MR) is 94.8 cm³/mol. The molecule has 1 aliphatic carbocycles. The first kappa shape index (κ1) is 16.7. The third-order valence-electron chi connectivity index (χ3n) is 4.88. The van der Waals surface area contributed by atoms with Crippen LogP contribution >= 0.6 is 0 Å². The van der Waals surface area contributed by atoms with Crippen LogP contribution in [-0.2, 0) is 14.9 Å². The Kier molecular flexibility index (Phi) is 3.82. The number of benzene rings is 1. The highest BCUT2D eigenvalue weighted by Gasteiger charge is 2.48. The zero-order valence-electron chi connectivity index (χ0n) is 15.3. The highest BCUT2D eigenvalue weighted by Crippen LogP contribution is 2.43. The molecule has 0 bridgehead atoms. The molecule has 2 aliphatic rings. The number of hydrogen-bond acceptors (Lipinski definition) is 4. The number of allylic oxidation sites excluding steroid dienone is 1. The van der Waals surface area contributed by atoms with Gasteiger partial charge in [-0.25, -0.2) is 4.99 Å². The van der Waals surface area contributed by atoms with E-state index in [-0.39, 0.29) is 11.3 Å². The molecule has 1 aromatic carbocycles. The van der Waals surface area contributed by atoms with Crippen molar-refractivity contribution in [3.63, 3.8) is 0 Å². The van der Waals surface area contributed by atoms with Crippen LogP contribution in [0.5, 0.6) is 0 Å². The molecule has 0 saturated carbocycles. The average molecular weight is 327 g/mol. The number of ketones is 1. The van der Waals surface area contributed by atoms with E-state index in [1.165, 1.54) is 5.56 Å². The summed E-state index contributed by atoms with van der Waals surface area (Å²) in [7, 11) is 1.59. The fraction of sp³-hybridized carbons (Fsp3) is 0.500. The molecule has 0 spiro atoms. The third-order valence-corrected chi connectivity index (χ3v) is 4.88. The summed E-state index contributed by atoms with van der Waals surface area (Å²) in [4.78, 5) is 17.3. The minimum absolute atomic E-state index is 0.0347. The first-order chi connectivity index (χ1) is 11.2. The van der Waals surface area contributed by atoms with E-state index in [4.69, 9.17) is 14.5 Å². The second-order valence-corrected chi connectivity index (χ2v) is 7.68. The van der Waals surface area contributed by atoms with Gasteiger partial charge < -0.3 is 9.47 Å². The van der Waals surface area contributed by atoms with Crippen molar-refractivity contribution >= 4 is 11.7 Å². The molecule has 0 radical (unpaired) electrons. The monoisotopic (exact) mass is 327 g/mol.